The van der Waals surface area contributed by atoms with E-state index in [1.165, 1.54) is 12.7 Å². The highest BCUT2D eigenvalue weighted by Gasteiger charge is 2.36. The average Bonchev–Trinajstić information content (AvgIpc) is 2.77. The number of β-amino-alcohol motifs (C(OH)–C–C–N with tert-alkyl or cyclic N) is 1. The number of halogens is 1. The monoisotopic (exact) mass is 327 g/mol. The van der Waals surface area contributed by atoms with Crippen molar-refractivity contribution in [3.8, 4) is 0 Å². The molecule has 0 radical (unpaired) electrons. The summed E-state index contributed by atoms with van der Waals surface area (Å²) >= 11 is 3.44. The first-order valence-corrected chi connectivity index (χ1v) is 7.14. The van der Waals surface area contributed by atoms with E-state index in [9.17, 15) is 9.90 Å². The fourth-order valence-corrected chi connectivity index (χ4v) is 2.92. The zero-order chi connectivity index (χ0) is 13.8. The molecule has 0 saturated carbocycles. The van der Waals surface area contributed by atoms with E-state index in [0.717, 1.165) is 17.4 Å². The van der Waals surface area contributed by atoms with Crippen LogP contribution in [0.1, 0.15) is 12.0 Å². The van der Waals surface area contributed by atoms with E-state index in [4.69, 9.17) is 4.74 Å². The number of aliphatic hydroxyl groups excluding tert-OH is 1. The summed E-state index contributed by atoms with van der Waals surface area (Å²) in [4.78, 5) is 13.7. The molecule has 1 aliphatic heterocycles. The zero-order valence-electron chi connectivity index (χ0n) is 10.9. The quantitative estimate of drug-likeness (QED) is 0.853. The van der Waals surface area contributed by atoms with Gasteiger partial charge in [-0.25, -0.2) is 0 Å². The Morgan fingerprint density at radius 1 is 1.58 bits per heavy atom. The second kappa shape index (κ2) is 6.50. The molecule has 0 unspecified atom stereocenters. The van der Waals surface area contributed by atoms with Crippen molar-refractivity contribution in [3.05, 3.63) is 34.3 Å². The molecular weight excluding hydrogens is 310 g/mol. The van der Waals surface area contributed by atoms with Gasteiger partial charge in [-0.1, -0.05) is 28.1 Å². The van der Waals surface area contributed by atoms with Crippen LogP contribution in [0.3, 0.4) is 0 Å². The predicted molar refractivity (Wildman–Crippen MR) is 75.8 cm³/mol. The van der Waals surface area contributed by atoms with Gasteiger partial charge < -0.3 is 9.84 Å². The summed E-state index contributed by atoms with van der Waals surface area (Å²) in [6, 6.07) is 7.80. The lowest BCUT2D eigenvalue weighted by Crippen LogP contribution is -2.38. The summed E-state index contributed by atoms with van der Waals surface area (Å²) in [5.41, 5.74) is 1.21. The van der Waals surface area contributed by atoms with E-state index < -0.39 is 6.10 Å². The first-order valence-electron chi connectivity index (χ1n) is 6.34. The van der Waals surface area contributed by atoms with Crippen LogP contribution in [-0.4, -0.2) is 48.3 Å². The molecule has 1 N–H and O–H groups in total. The number of carbonyl (C=O) groups excluding carboxylic acids is 1. The van der Waals surface area contributed by atoms with Gasteiger partial charge in [0.1, 0.15) is 6.04 Å². The van der Waals surface area contributed by atoms with Crippen molar-refractivity contribution in [1.29, 1.82) is 0 Å². The van der Waals surface area contributed by atoms with Crippen LogP contribution in [0.5, 0.6) is 0 Å². The van der Waals surface area contributed by atoms with Crippen LogP contribution in [-0.2, 0) is 16.0 Å². The van der Waals surface area contributed by atoms with Gasteiger partial charge in [0.25, 0.3) is 0 Å². The van der Waals surface area contributed by atoms with E-state index in [1.807, 2.05) is 17.0 Å². The van der Waals surface area contributed by atoms with Crippen LogP contribution in [0.15, 0.2) is 28.7 Å². The molecule has 104 valence electrons. The van der Waals surface area contributed by atoms with Crippen molar-refractivity contribution in [1.82, 2.24) is 4.90 Å². The molecule has 1 heterocycles. The Labute approximate surface area is 121 Å². The third-order valence-corrected chi connectivity index (χ3v) is 3.92. The highest BCUT2D eigenvalue weighted by atomic mass is 79.9. The van der Waals surface area contributed by atoms with Crippen LogP contribution in [0, 0.1) is 0 Å². The van der Waals surface area contributed by atoms with Crippen molar-refractivity contribution >= 4 is 21.9 Å². The number of methoxy groups -OCH3 is 1. The standard InChI is InChI=1S/C14H18BrNO3/c1-19-14(18)13-8-12(17)9-16(13)6-5-10-3-2-4-11(15)7-10/h2-4,7,12-13,17H,5-6,8-9H2,1H3/t12-,13+/m1/s1. The Morgan fingerprint density at radius 3 is 3.05 bits per heavy atom. The van der Waals surface area contributed by atoms with Crippen LogP contribution in [0.2, 0.25) is 0 Å². The van der Waals surface area contributed by atoms with Gasteiger partial charge >= 0.3 is 5.97 Å². The Morgan fingerprint density at radius 2 is 2.37 bits per heavy atom. The number of esters is 1. The minimum absolute atomic E-state index is 0.259. The minimum atomic E-state index is -0.438. The molecule has 1 aromatic rings. The van der Waals surface area contributed by atoms with Gasteiger partial charge in [0.15, 0.2) is 0 Å². The molecular formula is C14H18BrNO3. The third kappa shape index (κ3) is 3.78. The zero-order valence-corrected chi connectivity index (χ0v) is 12.5. The van der Waals surface area contributed by atoms with Crippen molar-refractivity contribution in [2.75, 3.05) is 20.2 Å². The number of benzene rings is 1. The van der Waals surface area contributed by atoms with Crippen molar-refractivity contribution in [2.24, 2.45) is 0 Å². The number of aliphatic hydroxyl groups is 1. The fourth-order valence-electron chi connectivity index (χ4n) is 2.47. The van der Waals surface area contributed by atoms with E-state index >= 15 is 0 Å². The largest absolute Gasteiger partial charge is 0.468 e. The number of ether oxygens (including phenoxy) is 1. The van der Waals surface area contributed by atoms with E-state index in [1.54, 1.807) is 0 Å². The van der Waals surface area contributed by atoms with Crippen LogP contribution in [0.4, 0.5) is 0 Å². The van der Waals surface area contributed by atoms with E-state index in [0.29, 0.717) is 13.0 Å². The van der Waals surface area contributed by atoms with E-state index in [2.05, 4.69) is 28.1 Å². The summed E-state index contributed by atoms with van der Waals surface area (Å²) in [5, 5.41) is 9.70. The molecule has 0 amide bonds. The summed E-state index contributed by atoms with van der Waals surface area (Å²) < 4.78 is 5.84. The fraction of sp³-hybridized carbons (Fsp3) is 0.500. The SMILES string of the molecule is COC(=O)[C@@H]1C[C@@H](O)CN1CCc1cccc(Br)c1. The maximum Gasteiger partial charge on any atom is 0.323 e. The molecule has 0 aromatic heterocycles. The lowest BCUT2D eigenvalue weighted by Gasteiger charge is -2.21. The summed E-state index contributed by atoms with van der Waals surface area (Å²) in [5.74, 6) is -0.259. The maximum atomic E-state index is 11.7. The van der Waals surface area contributed by atoms with Crippen LogP contribution >= 0.6 is 15.9 Å². The number of hydrogen-bond acceptors (Lipinski definition) is 4. The molecule has 19 heavy (non-hydrogen) atoms. The molecule has 2 rings (SSSR count). The second-order valence-corrected chi connectivity index (χ2v) is 5.72. The summed E-state index contributed by atoms with van der Waals surface area (Å²) in [6.07, 6.45) is 0.872. The second-order valence-electron chi connectivity index (χ2n) is 4.80. The topological polar surface area (TPSA) is 49.8 Å². The van der Waals surface area contributed by atoms with Crippen molar-refractivity contribution in [3.63, 3.8) is 0 Å². The van der Waals surface area contributed by atoms with Gasteiger partial charge in [0, 0.05) is 24.0 Å². The Kier molecular flexibility index (Phi) is 4.96. The molecule has 0 bridgehead atoms. The molecule has 2 atom stereocenters. The van der Waals surface area contributed by atoms with Crippen molar-refractivity contribution < 1.29 is 14.6 Å². The van der Waals surface area contributed by atoms with Crippen molar-refractivity contribution in [2.45, 2.75) is 25.0 Å². The highest BCUT2D eigenvalue weighted by molar-refractivity contribution is 9.10. The van der Waals surface area contributed by atoms with Gasteiger partial charge in [0.05, 0.1) is 13.2 Å². The lowest BCUT2D eigenvalue weighted by molar-refractivity contribution is -0.145. The molecule has 1 aromatic carbocycles. The molecule has 1 fully saturated rings. The average molecular weight is 328 g/mol. The summed E-state index contributed by atoms with van der Waals surface area (Å²) in [6.45, 7) is 1.28. The first kappa shape index (κ1) is 14.5. The van der Waals surface area contributed by atoms with Gasteiger partial charge in [-0.15, -0.1) is 0 Å². The number of carbonyl (C=O) groups is 1. The highest BCUT2D eigenvalue weighted by Crippen LogP contribution is 2.20. The summed E-state index contributed by atoms with van der Waals surface area (Å²) in [7, 11) is 1.39. The van der Waals surface area contributed by atoms with E-state index in [-0.39, 0.29) is 12.0 Å². The van der Waals surface area contributed by atoms with Gasteiger partial charge in [-0.3, -0.25) is 9.69 Å². The number of nitrogens with zero attached hydrogens (tertiary/aromatic N) is 1. The van der Waals surface area contributed by atoms with Gasteiger partial charge in [0.2, 0.25) is 0 Å². The molecule has 1 aliphatic rings. The molecule has 5 heteroatoms. The normalized spacial score (nSPS) is 23.5. The number of hydrogen-bond donors (Lipinski definition) is 1. The first-order chi connectivity index (χ1) is 9.10. The molecule has 0 spiro atoms. The predicted octanol–water partition coefficient (Wildman–Crippen LogP) is 1.60. The Bertz CT molecular complexity index is 452. The Balaban J connectivity index is 1.96. The maximum absolute atomic E-state index is 11.7. The molecule has 0 aliphatic carbocycles. The number of rotatable bonds is 4. The third-order valence-electron chi connectivity index (χ3n) is 3.43. The number of likely N-dealkylation sites (tertiary alicyclic amines) is 1. The Hall–Kier alpha value is -0.910. The van der Waals surface area contributed by atoms with Gasteiger partial charge in [-0.2, -0.15) is 0 Å². The van der Waals surface area contributed by atoms with Crippen LogP contribution in [0.25, 0.3) is 0 Å². The lowest BCUT2D eigenvalue weighted by atomic mass is 10.1. The van der Waals surface area contributed by atoms with Crippen LogP contribution < -0.4 is 0 Å². The minimum Gasteiger partial charge on any atom is -0.468 e. The smallest absolute Gasteiger partial charge is 0.323 e. The molecule has 4 nitrogen and oxygen atoms in total. The van der Waals surface area contributed by atoms with Gasteiger partial charge in [-0.05, 0) is 24.1 Å². The molecule has 1 saturated heterocycles.